The molecule has 2 rings (SSSR count). The molecular formula is C13H20N2O4S. The van der Waals surface area contributed by atoms with Gasteiger partial charge in [0.05, 0.1) is 25.2 Å². The Labute approximate surface area is 119 Å². The average molecular weight is 300 g/mol. The topological polar surface area (TPSA) is 76.7 Å². The Balaban J connectivity index is 2.19. The Bertz CT molecular complexity index is 553. The van der Waals surface area contributed by atoms with E-state index in [9.17, 15) is 8.42 Å². The second kappa shape index (κ2) is 6.32. The number of anilines is 1. The minimum Gasteiger partial charge on any atom is -0.497 e. The van der Waals surface area contributed by atoms with E-state index in [-0.39, 0.29) is 5.25 Å². The molecule has 1 fully saturated rings. The molecule has 1 saturated heterocycles. The third kappa shape index (κ3) is 3.34. The van der Waals surface area contributed by atoms with E-state index in [0.717, 1.165) is 13.1 Å². The van der Waals surface area contributed by atoms with Gasteiger partial charge in [0, 0.05) is 6.07 Å². The van der Waals surface area contributed by atoms with Gasteiger partial charge in [0.25, 0.3) is 0 Å². The third-order valence-corrected chi connectivity index (χ3v) is 5.24. The zero-order valence-electron chi connectivity index (χ0n) is 11.7. The largest absolute Gasteiger partial charge is 0.497 e. The van der Waals surface area contributed by atoms with E-state index in [0.29, 0.717) is 30.0 Å². The maximum Gasteiger partial charge on any atom is 0.235 e. The Hall–Kier alpha value is -1.47. The van der Waals surface area contributed by atoms with Crippen LogP contribution in [0.5, 0.6) is 11.5 Å². The van der Waals surface area contributed by atoms with Gasteiger partial charge < -0.3 is 14.8 Å². The summed E-state index contributed by atoms with van der Waals surface area (Å²) in [5.74, 6) is 1.06. The molecule has 1 aromatic rings. The fourth-order valence-corrected chi connectivity index (χ4v) is 3.72. The molecule has 0 aliphatic carbocycles. The van der Waals surface area contributed by atoms with Crippen molar-refractivity contribution in [1.82, 2.24) is 5.32 Å². The SMILES string of the molecule is COc1ccc(NS(=O)(=O)C2CCNCC2)c(OC)c1. The molecule has 20 heavy (non-hydrogen) atoms. The van der Waals surface area contributed by atoms with Gasteiger partial charge in [-0.05, 0) is 38.1 Å². The third-order valence-electron chi connectivity index (χ3n) is 3.39. The van der Waals surface area contributed by atoms with Crippen molar-refractivity contribution in [3.8, 4) is 11.5 Å². The Kier molecular flexibility index (Phi) is 4.72. The Morgan fingerprint density at radius 2 is 1.90 bits per heavy atom. The second-order valence-electron chi connectivity index (χ2n) is 4.66. The zero-order valence-corrected chi connectivity index (χ0v) is 12.5. The number of hydrogen-bond donors (Lipinski definition) is 2. The van der Waals surface area contributed by atoms with Crippen molar-refractivity contribution in [2.75, 3.05) is 32.0 Å². The number of sulfonamides is 1. The lowest BCUT2D eigenvalue weighted by atomic mass is 10.2. The van der Waals surface area contributed by atoms with E-state index in [1.807, 2.05) is 0 Å². The molecule has 112 valence electrons. The zero-order chi connectivity index (χ0) is 14.6. The number of methoxy groups -OCH3 is 2. The van der Waals surface area contributed by atoms with Crippen LogP contribution in [-0.4, -0.2) is 41.0 Å². The maximum atomic E-state index is 12.4. The van der Waals surface area contributed by atoms with Crippen LogP contribution in [0.15, 0.2) is 18.2 Å². The lowest BCUT2D eigenvalue weighted by molar-refractivity contribution is 0.395. The summed E-state index contributed by atoms with van der Waals surface area (Å²) in [6.45, 7) is 1.46. The average Bonchev–Trinajstić information content (AvgIpc) is 2.48. The Morgan fingerprint density at radius 3 is 2.50 bits per heavy atom. The maximum absolute atomic E-state index is 12.4. The van der Waals surface area contributed by atoms with Gasteiger partial charge in [0.2, 0.25) is 10.0 Å². The van der Waals surface area contributed by atoms with Gasteiger partial charge in [-0.25, -0.2) is 8.42 Å². The lowest BCUT2D eigenvalue weighted by Gasteiger charge is -2.23. The molecule has 0 atom stereocenters. The first-order valence-corrected chi connectivity index (χ1v) is 8.06. The molecule has 0 radical (unpaired) electrons. The normalized spacial score (nSPS) is 16.7. The number of rotatable bonds is 5. The van der Waals surface area contributed by atoms with Gasteiger partial charge in [-0.15, -0.1) is 0 Å². The van der Waals surface area contributed by atoms with Crippen molar-refractivity contribution in [3.63, 3.8) is 0 Å². The molecule has 0 bridgehead atoms. The van der Waals surface area contributed by atoms with Crippen LogP contribution in [0.4, 0.5) is 5.69 Å². The van der Waals surface area contributed by atoms with Gasteiger partial charge in [-0.1, -0.05) is 0 Å². The van der Waals surface area contributed by atoms with Gasteiger partial charge in [0.1, 0.15) is 11.5 Å². The van der Waals surface area contributed by atoms with Gasteiger partial charge in [0.15, 0.2) is 0 Å². The van der Waals surface area contributed by atoms with Crippen LogP contribution in [0.3, 0.4) is 0 Å². The molecule has 0 spiro atoms. The minimum atomic E-state index is -3.40. The predicted molar refractivity (Wildman–Crippen MR) is 78.0 cm³/mol. The second-order valence-corrected chi connectivity index (χ2v) is 6.62. The summed E-state index contributed by atoms with van der Waals surface area (Å²) in [7, 11) is -0.353. The molecule has 0 unspecified atom stereocenters. The van der Waals surface area contributed by atoms with Crippen LogP contribution < -0.4 is 19.5 Å². The fourth-order valence-electron chi connectivity index (χ4n) is 2.23. The molecule has 1 aliphatic heterocycles. The first-order chi connectivity index (χ1) is 9.56. The molecule has 6 nitrogen and oxygen atoms in total. The number of hydrogen-bond acceptors (Lipinski definition) is 5. The van der Waals surface area contributed by atoms with Gasteiger partial charge in [-0.3, -0.25) is 4.72 Å². The molecule has 0 amide bonds. The van der Waals surface area contributed by atoms with Crippen LogP contribution >= 0.6 is 0 Å². The van der Waals surface area contributed by atoms with Crippen molar-refractivity contribution in [3.05, 3.63) is 18.2 Å². The molecule has 1 aliphatic rings. The van der Waals surface area contributed by atoms with Crippen LogP contribution in [0.2, 0.25) is 0 Å². The Morgan fingerprint density at radius 1 is 1.20 bits per heavy atom. The van der Waals surface area contributed by atoms with Crippen molar-refractivity contribution >= 4 is 15.7 Å². The summed E-state index contributed by atoms with van der Waals surface area (Å²) in [5.41, 5.74) is 0.437. The van der Waals surface area contributed by atoms with Crippen molar-refractivity contribution in [2.45, 2.75) is 18.1 Å². The van der Waals surface area contributed by atoms with Crippen LogP contribution in [-0.2, 0) is 10.0 Å². The summed E-state index contributed by atoms with van der Waals surface area (Å²) >= 11 is 0. The quantitative estimate of drug-likeness (QED) is 0.854. The van der Waals surface area contributed by atoms with Crippen molar-refractivity contribution in [2.24, 2.45) is 0 Å². The van der Waals surface area contributed by atoms with E-state index in [1.54, 1.807) is 25.3 Å². The van der Waals surface area contributed by atoms with E-state index >= 15 is 0 Å². The highest BCUT2D eigenvalue weighted by Gasteiger charge is 2.27. The fraction of sp³-hybridized carbons (Fsp3) is 0.538. The first-order valence-electron chi connectivity index (χ1n) is 6.51. The highest BCUT2D eigenvalue weighted by molar-refractivity contribution is 7.93. The van der Waals surface area contributed by atoms with E-state index in [4.69, 9.17) is 9.47 Å². The summed E-state index contributed by atoms with van der Waals surface area (Å²) in [4.78, 5) is 0. The number of piperidine rings is 1. The van der Waals surface area contributed by atoms with E-state index in [2.05, 4.69) is 10.0 Å². The summed E-state index contributed by atoms with van der Waals surface area (Å²) in [6, 6.07) is 5.00. The molecule has 0 aromatic heterocycles. The molecular weight excluding hydrogens is 280 g/mol. The molecule has 0 saturated carbocycles. The van der Waals surface area contributed by atoms with Crippen LogP contribution in [0, 0.1) is 0 Å². The predicted octanol–water partition coefficient (Wildman–Crippen LogP) is 1.20. The van der Waals surface area contributed by atoms with Gasteiger partial charge >= 0.3 is 0 Å². The molecule has 1 heterocycles. The van der Waals surface area contributed by atoms with Crippen molar-refractivity contribution < 1.29 is 17.9 Å². The lowest BCUT2D eigenvalue weighted by Crippen LogP contribution is -2.38. The number of nitrogens with one attached hydrogen (secondary N) is 2. The number of benzene rings is 1. The smallest absolute Gasteiger partial charge is 0.235 e. The monoisotopic (exact) mass is 300 g/mol. The number of ether oxygens (including phenoxy) is 2. The summed E-state index contributed by atoms with van der Waals surface area (Å²) < 4.78 is 37.6. The summed E-state index contributed by atoms with van der Waals surface area (Å²) in [5, 5.41) is 2.79. The highest BCUT2D eigenvalue weighted by atomic mass is 32.2. The van der Waals surface area contributed by atoms with Gasteiger partial charge in [-0.2, -0.15) is 0 Å². The molecule has 7 heteroatoms. The molecule has 2 N–H and O–H groups in total. The van der Waals surface area contributed by atoms with Crippen LogP contribution in [0.1, 0.15) is 12.8 Å². The van der Waals surface area contributed by atoms with E-state index in [1.165, 1.54) is 7.11 Å². The van der Waals surface area contributed by atoms with E-state index < -0.39 is 10.0 Å². The standard InChI is InChI=1S/C13H20N2O4S/c1-18-10-3-4-12(13(9-10)19-2)15-20(16,17)11-5-7-14-8-6-11/h3-4,9,11,14-15H,5-8H2,1-2H3. The van der Waals surface area contributed by atoms with Crippen LogP contribution in [0.25, 0.3) is 0 Å². The molecule has 1 aromatic carbocycles. The minimum absolute atomic E-state index is 0.365. The first kappa shape index (κ1) is 14.9. The highest BCUT2D eigenvalue weighted by Crippen LogP contribution is 2.30. The van der Waals surface area contributed by atoms with Crippen molar-refractivity contribution in [1.29, 1.82) is 0 Å². The summed E-state index contributed by atoms with van der Waals surface area (Å²) in [6.07, 6.45) is 1.24.